The van der Waals surface area contributed by atoms with Gasteiger partial charge in [0, 0.05) is 25.7 Å². The predicted molar refractivity (Wildman–Crippen MR) is 98.2 cm³/mol. The van der Waals surface area contributed by atoms with Crippen molar-refractivity contribution < 1.29 is 14.6 Å². The number of amides is 1. The standard InChI is InChI=1S/C20H30N2O3/c1-20(2,3)18-13-21(10-11-22(18)19(23)24)17-7-5-6-14-8-9-15(25-4)12-16(14)17/h8-9,12,17-18H,5-7,10-11,13H2,1-4H3,(H,23,24). The van der Waals surface area contributed by atoms with Crippen LogP contribution in [-0.4, -0.2) is 53.8 Å². The topological polar surface area (TPSA) is 53.0 Å². The smallest absolute Gasteiger partial charge is 0.407 e. The molecule has 0 saturated carbocycles. The second-order valence-electron chi connectivity index (χ2n) is 8.33. The summed E-state index contributed by atoms with van der Waals surface area (Å²) in [6, 6.07) is 6.78. The number of benzene rings is 1. The molecule has 1 amide bonds. The van der Waals surface area contributed by atoms with Crippen molar-refractivity contribution in [1.29, 1.82) is 0 Å². The van der Waals surface area contributed by atoms with E-state index in [9.17, 15) is 9.90 Å². The van der Waals surface area contributed by atoms with Crippen molar-refractivity contribution in [3.63, 3.8) is 0 Å². The summed E-state index contributed by atoms with van der Waals surface area (Å²) < 4.78 is 5.44. The number of hydrogen-bond donors (Lipinski definition) is 1. The Labute approximate surface area is 150 Å². The first-order valence-electron chi connectivity index (χ1n) is 9.21. The molecule has 1 fully saturated rings. The Morgan fingerprint density at radius 1 is 1.28 bits per heavy atom. The number of rotatable bonds is 2. The van der Waals surface area contributed by atoms with Gasteiger partial charge >= 0.3 is 6.09 Å². The minimum absolute atomic E-state index is 0.00901. The summed E-state index contributed by atoms with van der Waals surface area (Å²) in [5.74, 6) is 0.905. The molecule has 138 valence electrons. The molecule has 5 heteroatoms. The first kappa shape index (κ1) is 18.1. The van der Waals surface area contributed by atoms with Gasteiger partial charge in [-0.1, -0.05) is 26.8 Å². The Bertz CT molecular complexity index is 638. The highest BCUT2D eigenvalue weighted by molar-refractivity contribution is 5.65. The van der Waals surface area contributed by atoms with Gasteiger partial charge in [-0.2, -0.15) is 0 Å². The number of nitrogens with zero attached hydrogens (tertiary/aromatic N) is 2. The SMILES string of the molecule is COc1ccc2c(c1)C(N1CCN(C(=O)O)C(C(C)(C)C)C1)CCC2. The Morgan fingerprint density at radius 2 is 2.04 bits per heavy atom. The van der Waals surface area contributed by atoms with Crippen molar-refractivity contribution in [3.8, 4) is 5.75 Å². The average Bonchev–Trinajstić information content (AvgIpc) is 2.59. The number of piperazine rings is 1. The molecule has 1 aromatic carbocycles. The number of methoxy groups -OCH3 is 1. The Kier molecular flexibility index (Phi) is 4.96. The fraction of sp³-hybridized carbons (Fsp3) is 0.650. The maximum absolute atomic E-state index is 11.7. The third kappa shape index (κ3) is 3.61. The minimum Gasteiger partial charge on any atom is -0.497 e. The van der Waals surface area contributed by atoms with E-state index in [2.05, 4.69) is 37.8 Å². The zero-order valence-corrected chi connectivity index (χ0v) is 15.8. The lowest BCUT2D eigenvalue weighted by molar-refractivity contribution is 0.00244. The molecule has 5 nitrogen and oxygen atoms in total. The predicted octanol–water partition coefficient (Wildman–Crippen LogP) is 3.78. The van der Waals surface area contributed by atoms with Gasteiger partial charge in [-0.25, -0.2) is 4.79 Å². The van der Waals surface area contributed by atoms with Gasteiger partial charge in [0.1, 0.15) is 5.75 Å². The van der Waals surface area contributed by atoms with E-state index in [4.69, 9.17) is 4.74 Å². The van der Waals surface area contributed by atoms with Crippen molar-refractivity contribution >= 4 is 6.09 Å². The molecule has 1 heterocycles. The number of fused-ring (bicyclic) bond motifs is 1. The fourth-order valence-electron chi connectivity index (χ4n) is 4.32. The fourth-order valence-corrected chi connectivity index (χ4v) is 4.32. The highest BCUT2D eigenvalue weighted by atomic mass is 16.5. The zero-order chi connectivity index (χ0) is 18.2. The molecule has 3 rings (SSSR count). The summed E-state index contributed by atoms with van der Waals surface area (Å²) in [4.78, 5) is 15.8. The summed E-state index contributed by atoms with van der Waals surface area (Å²) in [6.07, 6.45) is 2.63. The van der Waals surface area contributed by atoms with Crippen LogP contribution in [0.4, 0.5) is 4.79 Å². The normalized spacial score (nSPS) is 24.7. The van der Waals surface area contributed by atoms with Crippen LogP contribution in [0.25, 0.3) is 0 Å². The van der Waals surface area contributed by atoms with Gasteiger partial charge < -0.3 is 14.7 Å². The molecule has 0 bridgehead atoms. The highest BCUT2D eigenvalue weighted by Gasteiger charge is 2.40. The monoisotopic (exact) mass is 346 g/mol. The largest absolute Gasteiger partial charge is 0.497 e. The molecule has 1 aromatic rings. The van der Waals surface area contributed by atoms with Crippen LogP contribution < -0.4 is 4.74 Å². The van der Waals surface area contributed by atoms with Crippen LogP contribution in [-0.2, 0) is 6.42 Å². The quantitative estimate of drug-likeness (QED) is 0.885. The van der Waals surface area contributed by atoms with E-state index in [1.165, 1.54) is 17.5 Å². The van der Waals surface area contributed by atoms with Crippen LogP contribution in [0.5, 0.6) is 5.75 Å². The molecule has 2 atom stereocenters. The van der Waals surface area contributed by atoms with Crippen LogP contribution in [0.3, 0.4) is 0 Å². The highest BCUT2D eigenvalue weighted by Crippen LogP contribution is 2.39. The first-order valence-corrected chi connectivity index (χ1v) is 9.21. The summed E-state index contributed by atoms with van der Waals surface area (Å²) in [7, 11) is 1.71. The summed E-state index contributed by atoms with van der Waals surface area (Å²) in [5, 5.41) is 9.59. The molecule has 25 heavy (non-hydrogen) atoms. The van der Waals surface area contributed by atoms with Crippen LogP contribution in [0, 0.1) is 5.41 Å². The molecule has 1 saturated heterocycles. The number of hydrogen-bond acceptors (Lipinski definition) is 3. The lowest BCUT2D eigenvalue weighted by atomic mass is 9.82. The molecule has 0 radical (unpaired) electrons. The maximum atomic E-state index is 11.7. The lowest BCUT2D eigenvalue weighted by Crippen LogP contribution is -2.60. The van der Waals surface area contributed by atoms with E-state index in [0.717, 1.165) is 31.7 Å². The third-order valence-electron chi connectivity index (χ3n) is 5.73. The average molecular weight is 346 g/mol. The van der Waals surface area contributed by atoms with Crippen molar-refractivity contribution in [3.05, 3.63) is 29.3 Å². The van der Waals surface area contributed by atoms with Gasteiger partial charge in [-0.15, -0.1) is 0 Å². The number of carboxylic acid groups (broad SMARTS) is 1. The van der Waals surface area contributed by atoms with Gasteiger partial charge in [0.05, 0.1) is 13.2 Å². The molecule has 1 aliphatic heterocycles. The first-order chi connectivity index (χ1) is 11.8. The second-order valence-corrected chi connectivity index (χ2v) is 8.33. The van der Waals surface area contributed by atoms with Crippen LogP contribution >= 0.6 is 0 Å². The summed E-state index contributed by atoms with van der Waals surface area (Å²) in [6.45, 7) is 8.56. The Morgan fingerprint density at radius 3 is 2.68 bits per heavy atom. The Hall–Kier alpha value is -1.75. The third-order valence-corrected chi connectivity index (χ3v) is 5.73. The van der Waals surface area contributed by atoms with Crippen LogP contribution in [0.15, 0.2) is 18.2 Å². The van der Waals surface area contributed by atoms with Crippen molar-refractivity contribution in [1.82, 2.24) is 9.80 Å². The molecule has 2 aliphatic rings. The lowest BCUT2D eigenvalue weighted by Gasteiger charge is -2.49. The summed E-state index contributed by atoms with van der Waals surface area (Å²) in [5.41, 5.74) is 2.69. The maximum Gasteiger partial charge on any atom is 0.407 e. The van der Waals surface area contributed by atoms with Crippen molar-refractivity contribution in [2.45, 2.75) is 52.1 Å². The van der Waals surface area contributed by atoms with E-state index in [0.29, 0.717) is 12.6 Å². The van der Waals surface area contributed by atoms with E-state index >= 15 is 0 Å². The second kappa shape index (κ2) is 6.87. The Balaban J connectivity index is 1.87. The van der Waals surface area contributed by atoms with Gasteiger partial charge in [0.15, 0.2) is 0 Å². The minimum atomic E-state index is -0.801. The van der Waals surface area contributed by atoms with E-state index < -0.39 is 6.09 Å². The van der Waals surface area contributed by atoms with Crippen molar-refractivity contribution in [2.75, 3.05) is 26.7 Å². The summed E-state index contributed by atoms with van der Waals surface area (Å²) >= 11 is 0. The molecule has 2 unspecified atom stereocenters. The van der Waals surface area contributed by atoms with E-state index in [1.54, 1.807) is 12.0 Å². The zero-order valence-electron chi connectivity index (χ0n) is 15.8. The van der Waals surface area contributed by atoms with E-state index in [-0.39, 0.29) is 11.5 Å². The van der Waals surface area contributed by atoms with Gasteiger partial charge in [-0.3, -0.25) is 4.90 Å². The molecule has 0 aromatic heterocycles. The number of ether oxygens (including phenoxy) is 1. The molecular formula is C20H30N2O3. The molecule has 1 aliphatic carbocycles. The molecule has 1 N–H and O–H groups in total. The van der Waals surface area contributed by atoms with Crippen LogP contribution in [0.2, 0.25) is 0 Å². The molecular weight excluding hydrogens is 316 g/mol. The number of carbonyl (C=O) groups is 1. The number of aryl methyl sites for hydroxylation is 1. The van der Waals surface area contributed by atoms with Gasteiger partial charge in [-0.05, 0) is 47.9 Å². The van der Waals surface area contributed by atoms with Gasteiger partial charge in [0.25, 0.3) is 0 Å². The van der Waals surface area contributed by atoms with Gasteiger partial charge in [0.2, 0.25) is 0 Å². The molecule has 0 spiro atoms. The van der Waals surface area contributed by atoms with Crippen molar-refractivity contribution in [2.24, 2.45) is 5.41 Å². The van der Waals surface area contributed by atoms with E-state index in [1.807, 2.05) is 6.07 Å². The van der Waals surface area contributed by atoms with Crippen LogP contribution in [0.1, 0.15) is 50.8 Å².